The van der Waals surface area contributed by atoms with Crippen LogP contribution in [0.25, 0.3) is 43.1 Å². The minimum absolute atomic E-state index is 0.287. The smallest absolute Gasteiger partial charge is 0.266 e. The molecular weight excluding hydrogens is 763 g/mol. The Morgan fingerprint density at radius 2 is 0.707 bits per heavy atom. The number of benzene rings is 9. The number of amides is 4. The number of halogens is 2. The molecule has 0 aliphatic carbocycles. The van der Waals surface area contributed by atoms with E-state index in [0.717, 1.165) is 28.7 Å². The molecule has 0 unspecified atom stereocenters. The SMILES string of the molecule is O=C1c2ccc3c4c(Cl)cc5c6c(cc(Cl)c(c7ccc(c2c37)C(=O)N1c1ccc(Cc2ccccc2)cc1)c64)C(=O)N(c1ccc(Cc2ccccc2)cc1)C5=O. The zero-order chi connectivity index (χ0) is 39.4. The van der Waals surface area contributed by atoms with Crippen molar-refractivity contribution in [2.24, 2.45) is 0 Å². The van der Waals surface area contributed by atoms with E-state index in [1.807, 2.05) is 84.9 Å². The van der Waals surface area contributed by atoms with Crippen LogP contribution >= 0.6 is 23.2 Å². The highest BCUT2D eigenvalue weighted by atomic mass is 35.5. The number of imide groups is 2. The molecule has 9 aromatic carbocycles. The molecule has 0 saturated heterocycles. The summed E-state index contributed by atoms with van der Waals surface area (Å²) < 4.78 is 0. The summed E-state index contributed by atoms with van der Waals surface area (Å²) in [6, 6.07) is 45.4. The summed E-state index contributed by atoms with van der Waals surface area (Å²) in [6.07, 6.45) is 1.44. The minimum Gasteiger partial charge on any atom is -0.268 e. The van der Waals surface area contributed by atoms with Crippen LogP contribution in [-0.2, 0) is 12.8 Å². The van der Waals surface area contributed by atoms with Crippen LogP contribution in [0.15, 0.2) is 146 Å². The standard InChI is InChI=1S/C50H28Cl2N2O4/c51-39-25-37-43-38(50(58)54(49(37)57)32-17-13-30(14-18-32)24-28-9-5-2-6-10-28)26-40(52)45-34-20-22-36-42-35(21-19-33(41(34)42)44(39)46(43)45)47(55)53(48(36)56)31-15-11-29(12-16-31)23-27-7-3-1-4-8-27/h1-22,25-26H,23-24H2. The number of anilines is 2. The number of hydrogen-bond acceptors (Lipinski definition) is 4. The summed E-state index contributed by atoms with van der Waals surface area (Å²) in [5.74, 6) is -1.85. The Bertz CT molecular complexity index is 3130. The molecule has 2 aliphatic rings. The second-order valence-corrected chi connectivity index (χ2v) is 15.7. The number of carbonyl (C=O) groups is 4. The van der Waals surface area contributed by atoms with Crippen LogP contribution in [-0.4, -0.2) is 23.6 Å². The minimum atomic E-state index is -0.490. The highest BCUT2D eigenvalue weighted by Crippen LogP contribution is 2.51. The zero-order valence-corrected chi connectivity index (χ0v) is 32.1. The van der Waals surface area contributed by atoms with Gasteiger partial charge in [0, 0.05) is 48.1 Å². The third-order valence-electron chi connectivity index (χ3n) is 11.6. The Hall–Kier alpha value is -6.86. The van der Waals surface area contributed by atoms with Crippen LogP contribution in [0.2, 0.25) is 10.0 Å². The lowest BCUT2D eigenvalue weighted by Gasteiger charge is -2.31. The summed E-state index contributed by atoms with van der Waals surface area (Å²) in [6.45, 7) is 0. The fraction of sp³-hybridized carbons (Fsp3) is 0.0400. The number of carbonyl (C=O) groups excluding carboxylic acids is 4. The van der Waals surface area contributed by atoms with E-state index in [1.54, 1.807) is 36.4 Å². The number of fused-ring (bicyclic) bond motifs is 2. The molecule has 0 radical (unpaired) electrons. The van der Waals surface area contributed by atoms with Crippen molar-refractivity contribution in [3.8, 4) is 0 Å². The Balaban J connectivity index is 1.03. The highest BCUT2D eigenvalue weighted by molar-refractivity contribution is 6.52. The Morgan fingerprint density at radius 1 is 0.345 bits per heavy atom. The van der Waals surface area contributed by atoms with E-state index in [0.29, 0.717) is 72.0 Å². The van der Waals surface area contributed by atoms with Gasteiger partial charge in [0.1, 0.15) is 0 Å². The molecule has 6 nitrogen and oxygen atoms in total. The Morgan fingerprint density at radius 3 is 1.12 bits per heavy atom. The lowest BCUT2D eigenvalue weighted by atomic mass is 9.82. The van der Waals surface area contributed by atoms with E-state index in [-0.39, 0.29) is 21.2 Å². The number of rotatable bonds is 6. The van der Waals surface area contributed by atoms with Crippen molar-refractivity contribution in [1.29, 1.82) is 0 Å². The monoisotopic (exact) mass is 790 g/mol. The summed E-state index contributed by atoms with van der Waals surface area (Å²) in [7, 11) is 0. The van der Waals surface area contributed by atoms with Gasteiger partial charge in [0.05, 0.1) is 22.5 Å². The topological polar surface area (TPSA) is 74.8 Å². The Kier molecular flexibility index (Phi) is 7.61. The van der Waals surface area contributed by atoms with Crippen molar-refractivity contribution in [2.75, 3.05) is 9.80 Å². The number of hydrogen-bond donors (Lipinski definition) is 0. The second kappa shape index (κ2) is 12.8. The fourth-order valence-corrected chi connectivity index (χ4v) is 9.64. The third-order valence-corrected chi connectivity index (χ3v) is 12.2. The van der Waals surface area contributed by atoms with E-state index < -0.39 is 23.6 Å². The van der Waals surface area contributed by atoms with Crippen LogP contribution in [0.5, 0.6) is 0 Å². The molecule has 0 aromatic heterocycles. The molecule has 9 aromatic rings. The average molecular weight is 792 g/mol. The van der Waals surface area contributed by atoms with Gasteiger partial charge in [-0.25, -0.2) is 9.80 Å². The van der Waals surface area contributed by atoms with Gasteiger partial charge < -0.3 is 0 Å². The number of nitrogens with zero attached hydrogens (tertiary/aromatic N) is 2. The molecule has 11 rings (SSSR count). The normalized spacial score (nSPS) is 13.9. The van der Waals surface area contributed by atoms with Crippen molar-refractivity contribution in [2.45, 2.75) is 12.8 Å². The molecule has 0 spiro atoms. The molecular formula is C50H28Cl2N2O4. The fourth-order valence-electron chi connectivity index (χ4n) is 9.03. The first-order valence-electron chi connectivity index (χ1n) is 18.9. The molecule has 2 aliphatic heterocycles. The van der Waals surface area contributed by atoms with Crippen LogP contribution in [0.1, 0.15) is 63.7 Å². The van der Waals surface area contributed by atoms with Gasteiger partial charge in [-0.3, -0.25) is 19.2 Å². The van der Waals surface area contributed by atoms with Gasteiger partial charge in [-0.2, -0.15) is 0 Å². The first-order chi connectivity index (χ1) is 28.3. The van der Waals surface area contributed by atoms with Gasteiger partial charge in [-0.15, -0.1) is 0 Å². The third kappa shape index (κ3) is 4.99. The maximum absolute atomic E-state index is 14.4. The van der Waals surface area contributed by atoms with Gasteiger partial charge in [0.15, 0.2) is 0 Å². The van der Waals surface area contributed by atoms with Gasteiger partial charge in [-0.05, 0) is 99.8 Å². The lowest BCUT2D eigenvalue weighted by Crippen LogP contribution is -2.40. The highest BCUT2D eigenvalue weighted by Gasteiger charge is 2.39. The van der Waals surface area contributed by atoms with Gasteiger partial charge in [0.2, 0.25) is 0 Å². The molecule has 0 atom stereocenters. The first-order valence-corrected chi connectivity index (χ1v) is 19.6. The molecule has 0 bridgehead atoms. The molecule has 58 heavy (non-hydrogen) atoms. The first kappa shape index (κ1) is 34.4. The van der Waals surface area contributed by atoms with Crippen molar-refractivity contribution in [3.63, 3.8) is 0 Å². The van der Waals surface area contributed by atoms with Gasteiger partial charge in [0.25, 0.3) is 23.6 Å². The Labute approximate surface area is 341 Å². The summed E-state index contributed by atoms with van der Waals surface area (Å²) in [5, 5.41) is 5.36. The van der Waals surface area contributed by atoms with Crippen molar-refractivity contribution in [3.05, 3.63) is 200 Å². The van der Waals surface area contributed by atoms with E-state index in [9.17, 15) is 19.2 Å². The zero-order valence-electron chi connectivity index (χ0n) is 30.6. The van der Waals surface area contributed by atoms with Crippen LogP contribution < -0.4 is 9.80 Å². The summed E-state index contributed by atoms with van der Waals surface area (Å²) in [5.41, 5.74) is 6.66. The molecule has 0 fully saturated rings. The maximum Gasteiger partial charge on any atom is 0.266 e. The second-order valence-electron chi connectivity index (χ2n) is 14.9. The largest absolute Gasteiger partial charge is 0.268 e. The molecule has 4 amide bonds. The molecule has 8 heteroatoms. The lowest BCUT2D eigenvalue weighted by molar-refractivity contribution is 0.0877. The van der Waals surface area contributed by atoms with Crippen LogP contribution in [0, 0.1) is 0 Å². The van der Waals surface area contributed by atoms with E-state index in [2.05, 4.69) is 24.3 Å². The van der Waals surface area contributed by atoms with Crippen LogP contribution in [0.3, 0.4) is 0 Å². The van der Waals surface area contributed by atoms with Crippen molar-refractivity contribution in [1.82, 2.24) is 0 Å². The molecule has 0 saturated carbocycles. The van der Waals surface area contributed by atoms with E-state index in [1.165, 1.54) is 9.80 Å². The quantitative estimate of drug-likeness (QED) is 0.0955. The molecule has 276 valence electrons. The summed E-state index contributed by atoms with van der Waals surface area (Å²) >= 11 is 14.4. The van der Waals surface area contributed by atoms with Crippen molar-refractivity contribution >= 4 is 101 Å². The predicted octanol–water partition coefficient (Wildman–Crippen LogP) is 11.8. The molecule has 0 N–H and O–H groups in total. The van der Waals surface area contributed by atoms with Crippen molar-refractivity contribution < 1.29 is 19.2 Å². The average Bonchev–Trinajstić information content (AvgIpc) is 3.24. The van der Waals surface area contributed by atoms with E-state index >= 15 is 0 Å². The van der Waals surface area contributed by atoms with Gasteiger partial charge >= 0.3 is 0 Å². The molecule has 2 heterocycles. The van der Waals surface area contributed by atoms with Crippen LogP contribution in [0.4, 0.5) is 11.4 Å². The summed E-state index contributed by atoms with van der Waals surface area (Å²) in [4.78, 5) is 59.8. The van der Waals surface area contributed by atoms with Gasteiger partial charge in [-0.1, -0.05) is 120 Å². The maximum atomic E-state index is 14.4. The predicted molar refractivity (Wildman–Crippen MR) is 231 cm³/mol. The van der Waals surface area contributed by atoms with E-state index in [4.69, 9.17) is 23.2 Å².